The van der Waals surface area contributed by atoms with Gasteiger partial charge in [0.15, 0.2) is 0 Å². The lowest BCUT2D eigenvalue weighted by Crippen LogP contribution is -2.34. The summed E-state index contributed by atoms with van der Waals surface area (Å²) < 4.78 is 0. The van der Waals surface area contributed by atoms with Gasteiger partial charge in [-0.15, -0.1) is 0 Å². The van der Waals surface area contributed by atoms with Crippen LogP contribution < -0.4 is 5.73 Å². The summed E-state index contributed by atoms with van der Waals surface area (Å²) >= 11 is 0. The highest BCUT2D eigenvalue weighted by Crippen LogP contribution is 1.94. The van der Waals surface area contributed by atoms with E-state index in [1.807, 2.05) is 6.34 Å². The lowest BCUT2D eigenvalue weighted by molar-refractivity contribution is 0.366. The second kappa shape index (κ2) is 6.00. The molecule has 2 N–H and O–H groups in total. The van der Waals surface area contributed by atoms with Crippen molar-refractivity contribution in [3.8, 4) is 0 Å². The molecule has 0 aliphatic rings. The molecule has 0 atom stereocenters. The van der Waals surface area contributed by atoms with Crippen molar-refractivity contribution in [1.29, 1.82) is 0 Å². The summed E-state index contributed by atoms with van der Waals surface area (Å²) in [5, 5.41) is 0. The fourth-order valence-corrected chi connectivity index (χ4v) is 0.817. The van der Waals surface area contributed by atoms with E-state index in [9.17, 15) is 0 Å². The number of hydrogen-bond acceptors (Lipinski definition) is 2. The maximum atomic E-state index is 5.47. The van der Waals surface area contributed by atoms with Crippen molar-refractivity contribution >= 4 is 6.34 Å². The van der Waals surface area contributed by atoms with Gasteiger partial charge in [0.2, 0.25) is 0 Å². The number of hydrogen-bond donors (Lipinski definition) is 1. The van der Waals surface area contributed by atoms with Crippen molar-refractivity contribution in [2.45, 2.75) is 39.8 Å². The minimum absolute atomic E-state index is 0.365. The van der Waals surface area contributed by atoms with E-state index in [1.165, 1.54) is 0 Å². The largest absolute Gasteiger partial charge is 0.359 e. The summed E-state index contributed by atoms with van der Waals surface area (Å²) in [7, 11) is 0. The molecule has 0 bridgehead atoms. The fraction of sp³-hybridized carbons (Fsp3) is 0.889. The van der Waals surface area contributed by atoms with E-state index in [1.54, 1.807) is 0 Å². The van der Waals surface area contributed by atoms with Crippen molar-refractivity contribution in [3.63, 3.8) is 0 Å². The van der Waals surface area contributed by atoms with Gasteiger partial charge in [-0.3, -0.25) is 4.99 Å². The molecule has 0 aromatic rings. The Hall–Kier alpha value is -0.570. The summed E-state index contributed by atoms with van der Waals surface area (Å²) in [6.07, 6.45) is 1.90. The first kappa shape index (κ1) is 11.4. The van der Waals surface area contributed by atoms with Crippen molar-refractivity contribution in [3.05, 3.63) is 0 Å². The highest BCUT2D eigenvalue weighted by molar-refractivity contribution is 5.55. The number of nitrogens with zero attached hydrogens (tertiary/aromatic N) is 2. The second-order valence-electron chi connectivity index (χ2n) is 3.48. The average molecular weight is 171 g/mol. The summed E-state index contributed by atoms with van der Waals surface area (Å²) in [5.41, 5.74) is 5.47. The van der Waals surface area contributed by atoms with Gasteiger partial charge in [-0.1, -0.05) is 0 Å². The van der Waals surface area contributed by atoms with E-state index in [2.05, 4.69) is 37.6 Å². The molecule has 0 rings (SSSR count). The molecular weight excluding hydrogens is 150 g/mol. The van der Waals surface area contributed by atoms with Crippen molar-refractivity contribution < 1.29 is 0 Å². The highest BCUT2D eigenvalue weighted by atomic mass is 15.2. The standard InChI is InChI=1S/C9H21N3/c1-8(2)11-7-12(6-5-10)9(3)4/h7-9H,5-6,10H2,1-4H3/b11-7-. The third kappa shape index (κ3) is 5.13. The SMILES string of the molecule is CC(C)/N=C\N(CCN)C(C)C. The number of aliphatic imine (C=N–C) groups is 1. The average Bonchev–Trinajstić information content (AvgIpc) is 1.96. The third-order valence-electron chi connectivity index (χ3n) is 1.56. The second-order valence-corrected chi connectivity index (χ2v) is 3.48. The Balaban J connectivity index is 3.94. The van der Waals surface area contributed by atoms with Gasteiger partial charge in [-0.2, -0.15) is 0 Å². The zero-order valence-corrected chi connectivity index (χ0v) is 8.62. The van der Waals surface area contributed by atoms with Crippen molar-refractivity contribution in [2.24, 2.45) is 10.7 Å². The van der Waals surface area contributed by atoms with Gasteiger partial charge in [-0.25, -0.2) is 0 Å². The molecule has 0 aliphatic carbocycles. The maximum absolute atomic E-state index is 5.47. The first-order valence-electron chi connectivity index (χ1n) is 4.57. The van der Waals surface area contributed by atoms with E-state index in [0.29, 0.717) is 18.6 Å². The Morgan fingerprint density at radius 2 is 1.92 bits per heavy atom. The molecule has 0 aliphatic heterocycles. The lowest BCUT2D eigenvalue weighted by atomic mass is 10.3. The van der Waals surface area contributed by atoms with Crippen LogP contribution in [0, 0.1) is 0 Å². The number of nitrogens with two attached hydrogens (primary N) is 1. The van der Waals surface area contributed by atoms with Crippen LogP contribution in [-0.4, -0.2) is 36.4 Å². The van der Waals surface area contributed by atoms with Crippen LogP contribution in [0.4, 0.5) is 0 Å². The molecule has 12 heavy (non-hydrogen) atoms. The summed E-state index contributed by atoms with van der Waals surface area (Å²) in [4.78, 5) is 6.46. The minimum atomic E-state index is 0.365. The molecule has 0 aromatic carbocycles. The predicted octanol–water partition coefficient (Wildman–Crippen LogP) is 1.09. The van der Waals surface area contributed by atoms with Crippen LogP contribution in [0.3, 0.4) is 0 Å². The highest BCUT2D eigenvalue weighted by Gasteiger charge is 2.02. The fourth-order valence-electron chi connectivity index (χ4n) is 0.817. The van der Waals surface area contributed by atoms with Crippen LogP contribution in [-0.2, 0) is 0 Å². The maximum Gasteiger partial charge on any atom is 0.0855 e. The van der Waals surface area contributed by atoms with Gasteiger partial charge < -0.3 is 10.6 Å². The zero-order chi connectivity index (χ0) is 9.56. The normalized spacial score (nSPS) is 11.9. The molecule has 0 fully saturated rings. The quantitative estimate of drug-likeness (QED) is 0.497. The Labute approximate surface area is 75.7 Å². The zero-order valence-electron chi connectivity index (χ0n) is 8.62. The molecular formula is C9H21N3. The molecule has 0 spiro atoms. The van der Waals surface area contributed by atoms with Crippen molar-refractivity contribution in [1.82, 2.24) is 4.90 Å². The van der Waals surface area contributed by atoms with Crippen LogP contribution in [0.5, 0.6) is 0 Å². The van der Waals surface area contributed by atoms with Gasteiger partial charge in [0.05, 0.1) is 6.34 Å². The molecule has 3 nitrogen and oxygen atoms in total. The molecule has 0 heterocycles. The predicted molar refractivity (Wildman–Crippen MR) is 54.5 cm³/mol. The van der Waals surface area contributed by atoms with Gasteiger partial charge in [0, 0.05) is 25.2 Å². The minimum Gasteiger partial charge on any atom is -0.359 e. The Morgan fingerprint density at radius 3 is 2.25 bits per heavy atom. The van der Waals surface area contributed by atoms with Gasteiger partial charge in [0.25, 0.3) is 0 Å². The van der Waals surface area contributed by atoms with Crippen molar-refractivity contribution in [2.75, 3.05) is 13.1 Å². The first-order valence-corrected chi connectivity index (χ1v) is 4.57. The van der Waals surface area contributed by atoms with E-state index in [-0.39, 0.29) is 0 Å². The summed E-state index contributed by atoms with van der Waals surface area (Å²) in [6, 6.07) is 0.847. The van der Waals surface area contributed by atoms with Gasteiger partial charge >= 0.3 is 0 Å². The molecule has 0 saturated carbocycles. The van der Waals surface area contributed by atoms with Crippen LogP contribution in [0.25, 0.3) is 0 Å². The number of rotatable bonds is 5. The smallest absolute Gasteiger partial charge is 0.0855 e. The van der Waals surface area contributed by atoms with E-state index in [4.69, 9.17) is 5.73 Å². The van der Waals surface area contributed by atoms with Crippen LogP contribution >= 0.6 is 0 Å². The monoisotopic (exact) mass is 171 g/mol. The summed E-state index contributed by atoms with van der Waals surface area (Å²) in [5.74, 6) is 0. The van der Waals surface area contributed by atoms with Crippen LogP contribution in [0.1, 0.15) is 27.7 Å². The Bertz CT molecular complexity index is 130. The summed E-state index contributed by atoms with van der Waals surface area (Å²) in [6.45, 7) is 9.98. The van der Waals surface area contributed by atoms with E-state index in [0.717, 1.165) is 6.54 Å². The molecule has 0 radical (unpaired) electrons. The van der Waals surface area contributed by atoms with Crippen LogP contribution in [0.15, 0.2) is 4.99 Å². The molecule has 72 valence electrons. The van der Waals surface area contributed by atoms with E-state index >= 15 is 0 Å². The van der Waals surface area contributed by atoms with Gasteiger partial charge in [-0.05, 0) is 27.7 Å². The topological polar surface area (TPSA) is 41.6 Å². The van der Waals surface area contributed by atoms with Crippen LogP contribution in [0.2, 0.25) is 0 Å². The molecule has 3 heteroatoms. The first-order chi connectivity index (χ1) is 5.57. The Kier molecular flexibility index (Phi) is 5.72. The molecule has 0 saturated heterocycles. The molecule has 0 amide bonds. The van der Waals surface area contributed by atoms with Gasteiger partial charge in [0.1, 0.15) is 0 Å². The Morgan fingerprint density at radius 1 is 1.33 bits per heavy atom. The third-order valence-corrected chi connectivity index (χ3v) is 1.56. The molecule has 0 aromatic heterocycles. The van der Waals surface area contributed by atoms with E-state index < -0.39 is 0 Å². The molecule has 0 unspecified atom stereocenters. The lowest BCUT2D eigenvalue weighted by Gasteiger charge is -2.23.